The molecule has 2 aromatic carbocycles. The summed E-state index contributed by atoms with van der Waals surface area (Å²) in [7, 11) is 1.57. The first-order chi connectivity index (χ1) is 20.8. The van der Waals surface area contributed by atoms with E-state index in [1.807, 2.05) is 37.3 Å². The van der Waals surface area contributed by atoms with Gasteiger partial charge in [-0.3, -0.25) is 10.2 Å². The van der Waals surface area contributed by atoms with Crippen molar-refractivity contribution in [2.75, 3.05) is 32.1 Å². The number of anilines is 1. The van der Waals surface area contributed by atoms with E-state index in [9.17, 15) is 13.6 Å². The summed E-state index contributed by atoms with van der Waals surface area (Å²) in [6.07, 6.45) is 2.69. The lowest BCUT2D eigenvalue weighted by Gasteiger charge is -2.20. The van der Waals surface area contributed by atoms with Gasteiger partial charge in [0.05, 0.1) is 18.3 Å². The van der Waals surface area contributed by atoms with Gasteiger partial charge in [-0.05, 0) is 43.7 Å². The molecular weight excluding hydrogens is 560 g/mol. The SMILES string of the molecule is COCCN1C[C@@H](NC(=O)Nc2c(C)c(-c3cnc4nc(C)nn4c3)nn2-c2ccccc2)[C@H](c2ccc(F)c(F)c2)O1. The number of hydroxylamine groups is 2. The van der Waals surface area contributed by atoms with Gasteiger partial charge in [0.25, 0.3) is 5.78 Å². The summed E-state index contributed by atoms with van der Waals surface area (Å²) >= 11 is 0. The monoisotopic (exact) mass is 589 g/mol. The van der Waals surface area contributed by atoms with Crippen molar-refractivity contribution in [2.45, 2.75) is 26.0 Å². The Hall–Kier alpha value is -4.79. The number of hydrogen-bond acceptors (Lipinski definition) is 8. The van der Waals surface area contributed by atoms with Gasteiger partial charge < -0.3 is 10.1 Å². The molecule has 2 amide bonds. The Morgan fingerprint density at radius 2 is 1.93 bits per heavy atom. The number of carbonyl (C=O) groups excluding carboxylic acids is 1. The Kier molecular flexibility index (Phi) is 7.80. The number of methoxy groups -OCH3 is 1. The van der Waals surface area contributed by atoms with E-state index in [-0.39, 0.29) is 0 Å². The van der Waals surface area contributed by atoms with Crippen LogP contribution in [0.3, 0.4) is 0 Å². The highest BCUT2D eigenvalue weighted by Crippen LogP contribution is 2.32. The molecule has 1 saturated heterocycles. The summed E-state index contributed by atoms with van der Waals surface area (Å²) in [5.74, 6) is -0.466. The van der Waals surface area contributed by atoms with Crippen LogP contribution in [0.4, 0.5) is 19.4 Å². The van der Waals surface area contributed by atoms with E-state index in [0.29, 0.717) is 59.5 Å². The van der Waals surface area contributed by atoms with Gasteiger partial charge in [0, 0.05) is 43.7 Å². The summed E-state index contributed by atoms with van der Waals surface area (Å²) in [4.78, 5) is 28.2. The minimum atomic E-state index is -0.997. The van der Waals surface area contributed by atoms with E-state index in [2.05, 4.69) is 25.7 Å². The predicted molar refractivity (Wildman–Crippen MR) is 152 cm³/mol. The first kappa shape index (κ1) is 28.3. The third kappa shape index (κ3) is 5.80. The van der Waals surface area contributed by atoms with Crippen molar-refractivity contribution in [3.8, 4) is 16.9 Å². The second-order valence-electron chi connectivity index (χ2n) is 10.1. The van der Waals surface area contributed by atoms with E-state index < -0.39 is 29.8 Å². The molecule has 0 unspecified atom stereocenters. The molecule has 3 aromatic heterocycles. The summed E-state index contributed by atoms with van der Waals surface area (Å²) in [5.41, 5.74) is 3.09. The standard InChI is InChI=1S/C29H29F2N9O3/c1-17-25(20-14-32-28-33-18(2)36-39(28)15-20)37-40(21-7-5-4-6-8-21)27(17)35-29(41)34-24-16-38(11-12-42-3)43-26(24)19-9-10-22(30)23(31)13-19/h4-10,13-15,24,26H,11-12,16H2,1-3H3,(H2,34,35,41)/t24-,26+/m1/s1. The van der Waals surface area contributed by atoms with Crippen molar-refractivity contribution >= 4 is 17.6 Å². The van der Waals surface area contributed by atoms with Crippen LogP contribution in [0.1, 0.15) is 23.1 Å². The van der Waals surface area contributed by atoms with Crippen LogP contribution in [-0.4, -0.2) is 73.3 Å². The van der Waals surface area contributed by atoms with Crippen LogP contribution in [0, 0.1) is 25.5 Å². The fourth-order valence-electron chi connectivity index (χ4n) is 5.03. The molecule has 2 N–H and O–H groups in total. The number of rotatable bonds is 8. The van der Waals surface area contributed by atoms with Crippen LogP contribution in [-0.2, 0) is 9.57 Å². The third-order valence-corrected chi connectivity index (χ3v) is 7.09. The minimum Gasteiger partial charge on any atom is -0.383 e. The Balaban J connectivity index is 1.30. The number of carbonyl (C=O) groups is 1. The number of para-hydroxylation sites is 1. The second kappa shape index (κ2) is 11.8. The highest BCUT2D eigenvalue weighted by Gasteiger charge is 2.37. The van der Waals surface area contributed by atoms with Crippen molar-refractivity contribution in [3.05, 3.63) is 89.5 Å². The number of nitrogens with zero attached hydrogens (tertiary/aromatic N) is 7. The minimum absolute atomic E-state index is 0.297. The lowest BCUT2D eigenvalue weighted by molar-refractivity contribution is -0.154. The topological polar surface area (TPSA) is 124 Å². The average molecular weight is 590 g/mol. The molecule has 6 rings (SSSR count). The van der Waals surface area contributed by atoms with Crippen LogP contribution >= 0.6 is 0 Å². The highest BCUT2D eigenvalue weighted by atomic mass is 19.2. The normalized spacial score (nSPS) is 17.0. The molecule has 0 bridgehead atoms. The van der Waals surface area contributed by atoms with Gasteiger partial charge >= 0.3 is 6.03 Å². The third-order valence-electron chi connectivity index (χ3n) is 7.09. The van der Waals surface area contributed by atoms with Crippen molar-refractivity contribution in [2.24, 2.45) is 0 Å². The van der Waals surface area contributed by atoms with E-state index >= 15 is 0 Å². The Bertz CT molecular complexity index is 1780. The highest BCUT2D eigenvalue weighted by molar-refractivity contribution is 5.91. The maximum Gasteiger partial charge on any atom is 0.320 e. The van der Waals surface area contributed by atoms with Gasteiger partial charge in [-0.2, -0.15) is 20.2 Å². The molecule has 1 aliphatic rings. The van der Waals surface area contributed by atoms with Crippen molar-refractivity contribution in [3.63, 3.8) is 0 Å². The quantitative estimate of drug-likeness (QED) is 0.279. The maximum atomic E-state index is 14.1. The number of aryl methyl sites for hydroxylation is 1. The zero-order chi connectivity index (χ0) is 30.1. The number of aromatic nitrogens is 6. The smallest absolute Gasteiger partial charge is 0.320 e. The zero-order valence-electron chi connectivity index (χ0n) is 23.7. The predicted octanol–water partition coefficient (Wildman–Crippen LogP) is 4.00. The number of ether oxygens (including phenoxy) is 1. The molecule has 12 nitrogen and oxygen atoms in total. The van der Waals surface area contributed by atoms with Crippen LogP contribution < -0.4 is 10.6 Å². The van der Waals surface area contributed by atoms with Crippen LogP contribution in [0.5, 0.6) is 0 Å². The summed E-state index contributed by atoms with van der Waals surface area (Å²) in [6.45, 7) is 4.74. The number of hydrogen-bond donors (Lipinski definition) is 2. The van der Waals surface area contributed by atoms with Gasteiger partial charge in [-0.15, -0.1) is 0 Å². The van der Waals surface area contributed by atoms with E-state index in [1.165, 1.54) is 6.07 Å². The average Bonchev–Trinajstić information content (AvgIpc) is 3.67. The van der Waals surface area contributed by atoms with E-state index in [1.54, 1.807) is 40.7 Å². The zero-order valence-corrected chi connectivity index (χ0v) is 23.7. The first-order valence-corrected chi connectivity index (χ1v) is 13.6. The molecule has 0 spiro atoms. The molecule has 0 aliphatic carbocycles. The maximum absolute atomic E-state index is 14.1. The second-order valence-corrected chi connectivity index (χ2v) is 10.1. The molecule has 0 radical (unpaired) electrons. The van der Waals surface area contributed by atoms with Crippen LogP contribution in [0.2, 0.25) is 0 Å². The number of fused-ring (bicyclic) bond motifs is 1. The Morgan fingerprint density at radius 1 is 1.12 bits per heavy atom. The van der Waals surface area contributed by atoms with E-state index in [0.717, 1.165) is 17.8 Å². The molecule has 43 heavy (non-hydrogen) atoms. The molecule has 4 heterocycles. The van der Waals surface area contributed by atoms with Gasteiger partial charge in [-0.25, -0.2) is 27.8 Å². The lowest BCUT2D eigenvalue weighted by Crippen LogP contribution is -2.42. The van der Waals surface area contributed by atoms with Crippen molar-refractivity contribution < 1.29 is 23.1 Å². The fraction of sp³-hybridized carbons (Fsp3) is 0.276. The Morgan fingerprint density at radius 3 is 2.70 bits per heavy atom. The number of benzene rings is 2. The molecule has 0 saturated carbocycles. The van der Waals surface area contributed by atoms with Gasteiger partial charge in [0.1, 0.15) is 23.4 Å². The molecular formula is C29H29F2N9O3. The summed E-state index contributed by atoms with van der Waals surface area (Å²) in [6, 6.07) is 11.8. The number of nitrogens with one attached hydrogen (secondary N) is 2. The Labute approximate surface area is 245 Å². The van der Waals surface area contributed by atoms with Gasteiger partial charge in [0.2, 0.25) is 0 Å². The van der Waals surface area contributed by atoms with Gasteiger partial charge in [0.15, 0.2) is 11.6 Å². The molecule has 1 aliphatic heterocycles. The number of urea groups is 1. The number of halogens is 2. The molecule has 5 aromatic rings. The van der Waals surface area contributed by atoms with Crippen molar-refractivity contribution in [1.29, 1.82) is 0 Å². The van der Waals surface area contributed by atoms with Crippen molar-refractivity contribution in [1.82, 2.24) is 39.7 Å². The largest absolute Gasteiger partial charge is 0.383 e. The first-order valence-electron chi connectivity index (χ1n) is 13.6. The van der Waals surface area contributed by atoms with Crippen LogP contribution in [0.15, 0.2) is 60.9 Å². The molecule has 1 fully saturated rings. The van der Waals surface area contributed by atoms with Crippen LogP contribution in [0.25, 0.3) is 22.7 Å². The van der Waals surface area contributed by atoms with E-state index in [4.69, 9.17) is 14.7 Å². The lowest BCUT2D eigenvalue weighted by atomic mass is 10.0. The van der Waals surface area contributed by atoms with Gasteiger partial charge in [-0.1, -0.05) is 24.3 Å². The molecule has 222 valence electrons. The molecule has 14 heteroatoms. The molecule has 2 atom stereocenters. The number of amides is 2. The summed E-state index contributed by atoms with van der Waals surface area (Å²) < 4.78 is 36.1. The fourth-order valence-corrected chi connectivity index (χ4v) is 5.03. The summed E-state index contributed by atoms with van der Waals surface area (Å²) in [5, 5.41) is 16.7.